The number of nitrogens with zero attached hydrogens (tertiary/aromatic N) is 1. The van der Waals surface area contributed by atoms with Gasteiger partial charge in [0.1, 0.15) is 0 Å². The van der Waals surface area contributed by atoms with Crippen LogP contribution >= 0.6 is 23.2 Å². The van der Waals surface area contributed by atoms with E-state index in [0.29, 0.717) is 16.6 Å². The third-order valence-electron chi connectivity index (χ3n) is 2.85. The van der Waals surface area contributed by atoms with Crippen molar-refractivity contribution in [2.75, 3.05) is 24.3 Å². The van der Waals surface area contributed by atoms with E-state index in [1.807, 2.05) is 44.4 Å². The molecule has 0 heterocycles. The van der Waals surface area contributed by atoms with Crippen molar-refractivity contribution in [1.29, 1.82) is 0 Å². The summed E-state index contributed by atoms with van der Waals surface area (Å²) in [5.41, 5.74) is 3.35. The minimum atomic E-state index is 0.583. The van der Waals surface area contributed by atoms with Crippen molar-refractivity contribution in [3.8, 4) is 0 Å². The summed E-state index contributed by atoms with van der Waals surface area (Å²) in [5.74, 6) is 0. The van der Waals surface area contributed by atoms with Crippen LogP contribution in [-0.4, -0.2) is 14.1 Å². The van der Waals surface area contributed by atoms with Crippen LogP contribution < -0.4 is 10.2 Å². The molecule has 0 fully saturated rings. The lowest BCUT2D eigenvalue weighted by Gasteiger charge is -2.18. The highest BCUT2D eigenvalue weighted by atomic mass is 35.5. The Morgan fingerprint density at radius 2 is 1.74 bits per heavy atom. The number of hydrogen-bond acceptors (Lipinski definition) is 2. The fourth-order valence-electron chi connectivity index (χ4n) is 1.86. The smallest absolute Gasteiger partial charge is 0.0596 e. The van der Waals surface area contributed by atoms with Crippen LogP contribution in [0.3, 0.4) is 0 Å². The normalized spacial score (nSPS) is 10.3. The topological polar surface area (TPSA) is 15.3 Å². The standard InChI is InChI=1S/C15H16Cl2N2/c1-19(2)15-6-4-3-5-14(15)18-10-11-7-8-12(16)13(17)9-11/h3-9,18H,10H2,1-2H3. The number of hydrogen-bond donors (Lipinski definition) is 1. The number of rotatable bonds is 4. The average molecular weight is 295 g/mol. The molecule has 0 aliphatic carbocycles. The van der Waals surface area contributed by atoms with E-state index < -0.39 is 0 Å². The zero-order chi connectivity index (χ0) is 13.8. The van der Waals surface area contributed by atoms with Crippen molar-refractivity contribution in [2.45, 2.75) is 6.54 Å². The summed E-state index contributed by atoms with van der Waals surface area (Å²) in [6, 6.07) is 13.9. The fraction of sp³-hybridized carbons (Fsp3) is 0.200. The molecule has 1 N–H and O–H groups in total. The van der Waals surface area contributed by atoms with E-state index in [4.69, 9.17) is 23.2 Å². The lowest BCUT2D eigenvalue weighted by molar-refractivity contribution is 1.10. The van der Waals surface area contributed by atoms with E-state index in [1.165, 1.54) is 0 Å². The Kier molecular flexibility index (Phi) is 4.56. The van der Waals surface area contributed by atoms with Gasteiger partial charge in [-0.1, -0.05) is 41.4 Å². The Morgan fingerprint density at radius 3 is 2.42 bits per heavy atom. The van der Waals surface area contributed by atoms with E-state index in [9.17, 15) is 0 Å². The van der Waals surface area contributed by atoms with E-state index in [0.717, 1.165) is 16.9 Å². The molecule has 100 valence electrons. The molecule has 0 atom stereocenters. The molecule has 4 heteroatoms. The van der Waals surface area contributed by atoms with E-state index in [1.54, 1.807) is 0 Å². The third-order valence-corrected chi connectivity index (χ3v) is 3.59. The van der Waals surface area contributed by atoms with Crippen molar-refractivity contribution in [3.05, 3.63) is 58.1 Å². The molecule has 0 amide bonds. The van der Waals surface area contributed by atoms with E-state index in [2.05, 4.69) is 22.3 Å². The molecule has 0 aliphatic heterocycles. The van der Waals surface area contributed by atoms with Gasteiger partial charge in [0, 0.05) is 20.6 Å². The Labute approximate surface area is 123 Å². The Bertz CT molecular complexity index is 568. The molecule has 2 rings (SSSR count). The van der Waals surface area contributed by atoms with Crippen LogP contribution in [0.5, 0.6) is 0 Å². The first-order valence-electron chi connectivity index (χ1n) is 6.02. The Morgan fingerprint density at radius 1 is 1.00 bits per heavy atom. The van der Waals surface area contributed by atoms with Crippen LogP contribution in [0.2, 0.25) is 10.0 Å². The third kappa shape index (κ3) is 3.55. The second-order valence-corrected chi connectivity index (χ2v) is 5.33. The van der Waals surface area contributed by atoms with Crippen molar-refractivity contribution >= 4 is 34.6 Å². The van der Waals surface area contributed by atoms with Crippen molar-refractivity contribution in [3.63, 3.8) is 0 Å². The molecule has 0 bridgehead atoms. The first-order valence-corrected chi connectivity index (χ1v) is 6.77. The van der Waals surface area contributed by atoms with Gasteiger partial charge in [-0.25, -0.2) is 0 Å². The SMILES string of the molecule is CN(C)c1ccccc1NCc1ccc(Cl)c(Cl)c1. The van der Waals surface area contributed by atoms with E-state index in [-0.39, 0.29) is 0 Å². The largest absolute Gasteiger partial charge is 0.379 e. The Hall–Kier alpha value is -1.38. The van der Waals surface area contributed by atoms with Gasteiger partial charge < -0.3 is 10.2 Å². The lowest BCUT2D eigenvalue weighted by atomic mass is 10.2. The molecule has 2 aromatic rings. The zero-order valence-electron chi connectivity index (χ0n) is 11.0. The summed E-state index contributed by atoms with van der Waals surface area (Å²) >= 11 is 11.9. The summed E-state index contributed by atoms with van der Waals surface area (Å²) in [5, 5.41) is 4.58. The van der Waals surface area contributed by atoms with Crippen molar-refractivity contribution < 1.29 is 0 Å². The monoisotopic (exact) mass is 294 g/mol. The molecule has 19 heavy (non-hydrogen) atoms. The van der Waals surface area contributed by atoms with Crippen LogP contribution in [0.15, 0.2) is 42.5 Å². The molecule has 2 nitrogen and oxygen atoms in total. The fourth-order valence-corrected chi connectivity index (χ4v) is 2.18. The molecule has 0 saturated carbocycles. The van der Waals surface area contributed by atoms with Gasteiger partial charge in [0.2, 0.25) is 0 Å². The molecule has 0 radical (unpaired) electrons. The molecule has 0 unspecified atom stereocenters. The van der Waals surface area contributed by atoms with Gasteiger partial charge in [-0.3, -0.25) is 0 Å². The molecular formula is C15H16Cl2N2. The molecule has 0 aliphatic rings. The maximum Gasteiger partial charge on any atom is 0.0596 e. The molecule has 0 aromatic heterocycles. The van der Waals surface area contributed by atoms with Crippen molar-refractivity contribution in [2.24, 2.45) is 0 Å². The minimum absolute atomic E-state index is 0.583. The molecule has 0 spiro atoms. The quantitative estimate of drug-likeness (QED) is 0.881. The number of para-hydroxylation sites is 2. The van der Waals surface area contributed by atoms with Crippen LogP contribution in [0.25, 0.3) is 0 Å². The summed E-state index contributed by atoms with van der Waals surface area (Å²) in [7, 11) is 4.05. The van der Waals surface area contributed by atoms with E-state index >= 15 is 0 Å². The van der Waals surface area contributed by atoms with Gasteiger partial charge >= 0.3 is 0 Å². The van der Waals surface area contributed by atoms with Crippen LogP contribution in [0.1, 0.15) is 5.56 Å². The highest BCUT2D eigenvalue weighted by molar-refractivity contribution is 6.42. The summed E-state index contributed by atoms with van der Waals surface area (Å²) in [6.07, 6.45) is 0. The number of benzene rings is 2. The molecule has 0 saturated heterocycles. The highest BCUT2D eigenvalue weighted by Crippen LogP contribution is 2.26. The first-order chi connectivity index (χ1) is 9.08. The predicted octanol–water partition coefficient (Wildman–Crippen LogP) is 4.67. The molecule has 2 aromatic carbocycles. The maximum absolute atomic E-state index is 6.01. The van der Waals surface area contributed by atoms with Crippen molar-refractivity contribution in [1.82, 2.24) is 0 Å². The average Bonchev–Trinajstić information content (AvgIpc) is 2.40. The number of anilines is 2. The second kappa shape index (κ2) is 6.18. The van der Waals surface area contributed by atoms with Crippen LogP contribution in [-0.2, 0) is 6.54 Å². The Balaban J connectivity index is 2.12. The number of halogens is 2. The first kappa shape index (κ1) is 14.0. The maximum atomic E-state index is 6.01. The zero-order valence-corrected chi connectivity index (χ0v) is 12.5. The van der Waals surface area contributed by atoms with Gasteiger partial charge in [-0.2, -0.15) is 0 Å². The van der Waals surface area contributed by atoms with Gasteiger partial charge in [-0.15, -0.1) is 0 Å². The summed E-state index contributed by atoms with van der Waals surface area (Å²) < 4.78 is 0. The summed E-state index contributed by atoms with van der Waals surface area (Å²) in [4.78, 5) is 2.08. The second-order valence-electron chi connectivity index (χ2n) is 4.51. The van der Waals surface area contributed by atoms with Crippen LogP contribution in [0, 0.1) is 0 Å². The van der Waals surface area contributed by atoms with Gasteiger partial charge in [0.15, 0.2) is 0 Å². The minimum Gasteiger partial charge on any atom is -0.379 e. The van der Waals surface area contributed by atoms with Crippen LogP contribution in [0.4, 0.5) is 11.4 Å². The predicted molar refractivity (Wildman–Crippen MR) is 84.6 cm³/mol. The number of nitrogens with one attached hydrogen (secondary N) is 1. The van der Waals surface area contributed by atoms with Gasteiger partial charge in [-0.05, 0) is 29.8 Å². The van der Waals surface area contributed by atoms with Gasteiger partial charge in [0.05, 0.1) is 21.4 Å². The highest BCUT2D eigenvalue weighted by Gasteiger charge is 2.04. The lowest BCUT2D eigenvalue weighted by Crippen LogP contribution is -2.12. The molecular weight excluding hydrogens is 279 g/mol. The summed E-state index contributed by atoms with van der Waals surface area (Å²) in [6.45, 7) is 0.710. The van der Waals surface area contributed by atoms with Gasteiger partial charge in [0.25, 0.3) is 0 Å².